The molecule has 0 amide bonds. The molecule has 0 N–H and O–H groups in total. The van der Waals surface area contributed by atoms with Crippen LogP contribution in [0.2, 0.25) is 0 Å². The molecule has 1 fully saturated rings. The van der Waals surface area contributed by atoms with Gasteiger partial charge in [-0.3, -0.25) is 0 Å². The van der Waals surface area contributed by atoms with E-state index >= 15 is 0 Å². The van der Waals surface area contributed by atoms with Gasteiger partial charge < -0.3 is 14.2 Å². The number of thiophene rings is 1. The van der Waals surface area contributed by atoms with Gasteiger partial charge in [-0.05, 0) is 95.0 Å². The molecule has 0 saturated carbocycles. The van der Waals surface area contributed by atoms with Crippen LogP contribution < -0.4 is 0 Å². The van der Waals surface area contributed by atoms with Crippen LogP contribution in [0.5, 0.6) is 0 Å². The van der Waals surface area contributed by atoms with Gasteiger partial charge in [-0.25, -0.2) is 4.39 Å². The quantitative estimate of drug-likeness (QED) is 0.104. The third kappa shape index (κ3) is 10.0. The van der Waals surface area contributed by atoms with Crippen LogP contribution >= 0.6 is 11.3 Å². The van der Waals surface area contributed by atoms with Crippen molar-refractivity contribution >= 4 is 11.3 Å². The van der Waals surface area contributed by atoms with Crippen LogP contribution in [0.15, 0.2) is 176 Å². The fraction of sp³-hybridized carbons (Fsp3) is 0.231. The van der Waals surface area contributed by atoms with E-state index in [0.717, 1.165) is 52.8 Å². The number of hydrogen-bond donors (Lipinski definition) is 0. The maximum atomic E-state index is 13.7. The molecule has 1 saturated heterocycles. The number of rotatable bonds is 15. The highest BCUT2D eigenvalue weighted by molar-refractivity contribution is 7.15. The maximum Gasteiger partial charge on any atom is 0.123 e. The lowest BCUT2D eigenvalue weighted by Gasteiger charge is -2.47. The molecule has 288 valence electrons. The minimum atomic E-state index is -0.377. The summed E-state index contributed by atoms with van der Waals surface area (Å²) in [6.45, 7) is 3.11. The summed E-state index contributed by atoms with van der Waals surface area (Å²) in [6, 6.07) is 60.2. The summed E-state index contributed by atoms with van der Waals surface area (Å²) in [7, 11) is 0. The largest absolute Gasteiger partial charge is 0.370 e. The molecule has 1 aromatic heterocycles. The Kier molecular flexibility index (Phi) is 12.8. The van der Waals surface area contributed by atoms with E-state index < -0.39 is 0 Å². The van der Waals surface area contributed by atoms with Gasteiger partial charge in [0.05, 0.1) is 25.4 Å². The van der Waals surface area contributed by atoms with E-state index in [-0.39, 0.29) is 36.2 Å². The molecule has 8 rings (SSSR count). The molecule has 1 aliphatic rings. The van der Waals surface area contributed by atoms with E-state index in [0.29, 0.717) is 13.2 Å². The molecule has 6 aromatic carbocycles. The van der Waals surface area contributed by atoms with Crippen LogP contribution in [-0.4, -0.2) is 18.3 Å². The van der Waals surface area contributed by atoms with Crippen molar-refractivity contribution in [1.82, 2.24) is 0 Å². The summed E-state index contributed by atoms with van der Waals surface area (Å²) in [5.74, 6) is -0.182. The van der Waals surface area contributed by atoms with Gasteiger partial charge in [0.2, 0.25) is 0 Å². The van der Waals surface area contributed by atoms with Crippen molar-refractivity contribution in [3.05, 3.63) is 226 Å². The number of hydrogen-bond acceptors (Lipinski definition) is 4. The normalized spacial score (nSPS) is 19.4. The summed E-state index contributed by atoms with van der Waals surface area (Å²) in [5.41, 5.74) is 9.41. The molecule has 57 heavy (non-hydrogen) atoms. The smallest absolute Gasteiger partial charge is 0.123 e. The Hall–Kier alpha value is -5.17. The minimum Gasteiger partial charge on any atom is -0.370 e. The number of ether oxygens (including phenoxy) is 3. The Morgan fingerprint density at radius 3 is 1.81 bits per heavy atom. The number of benzene rings is 6. The topological polar surface area (TPSA) is 27.7 Å². The summed E-state index contributed by atoms with van der Waals surface area (Å²) >= 11 is 1.76. The minimum absolute atomic E-state index is 0.0396. The lowest BCUT2D eigenvalue weighted by atomic mass is 9.78. The van der Waals surface area contributed by atoms with Gasteiger partial charge >= 0.3 is 0 Å². The van der Waals surface area contributed by atoms with Crippen molar-refractivity contribution in [2.24, 2.45) is 5.92 Å². The molecular weight excluding hydrogens is 724 g/mol. The fourth-order valence-electron chi connectivity index (χ4n) is 8.05. The molecule has 0 aliphatic carbocycles. The van der Waals surface area contributed by atoms with Crippen LogP contribution in [0.1, 0.15) is 56.3 Å². The van der Waals surface area contributed by atoms with E-state index in [1.807, 2.05) is 24.3 Å². The number of halogens is 1. The summed E-state index contributed by atoms with van der Waals surface area (Å²) < 4.78 is 35.4. The average molecular weight is 773 g/mol. The van der Waals surface area contributed by atoms with E-state index in [9.17, 15) is 4.39 Å². The van der Waals surface area contributed by atoms with Gasteiger partial charge in [0.25, 0.3) is 0 Å². The standard InChI is InChI=1S/C52H49FO3S/c1-37-22-24-43(33-44(37)34-46-29-31-49(57-46)42-25-27-45(53)28-26-42)50-52(55-36-41-20-12-5-13-21-41)51(54-35-40-18-10-4-11-19-40)47(32-39-16-8-3-9-17-39)48(56-50)30-23-38-14-6-2-7-15-38/h2-22,24-29,31,33,47-48,50-52H,23,30,32,34-36H2,1H3/t47-,48-,50+,51+,52+/m1/s1. The molecule has 0 spiro atoms. The number of aryl methyl sites for hydroxylation is 2. The SMILES string of the molecule is Cc1ccc([C@@H]2O[C@H](CCc3ccccc3)[C@@H](Cc3ccccc3)[C@H](OCc3ccccc3)[C@H]2OCc2ccccc2)cc1Cc1ccc(-c2ccc(F)cc2)s1. The first-order valence-electron chi connectivity index (χ1n) is 20.0. The van der Waals surface area contributed by atoms with Gasteiger partial charge in [0, 0.05) is 22.1 Å². The van der Waals surface area contributed by atoms with Crippen molar-refractivity contribution in [3.8, 4) is 10.4 Å². The zero-order valence-corrected chi connectivity index (χ0v) is 33.2. The Balaban J connectivity index is 1.17. The van der Waals surface area contributed by atoms with Crippen LogP contribution in [-0.2, 0) is 46.7 Å². The third-order valence-electron chi connectivity index (χ3n) is 11.1. The Bertz CT molecular complexity index is 2280. The Labute approximate surface area is 340 Å². The molecular formula is C52H49FO3S. The highest BCUT2D eigenvalue weighted by atomic mass is 32.1. The monoisotopic (exact) mass is 772 g/mol. The van der Waals surface area contributed by atoms with Gasteiger partial charge in [-0.1, -0.05) is 152 Å². The Morgan fingerprint density at radius 2 is 1.18 bits per heavy atom. The van der Waals surface area contributed by atoms with E-state index in [1.165, 1.54) is 39.3 Å². The molecule has 1 aliphatic heterocycles. The molecule has 0 bridgehead atoms. The zero-order valence-electron chi connectivity index (χ0n) is 32.4. The lowest BCUT2D eigenvalue weighted by Crippen LogP contribution is -2.53. The van der Waals surface area contributed by atoms with Crippen molar-refractivity contribution in [3.63, 3.8) is 0 Å². The summed E-state index contributed by atoms with van der Waals surface area (Å²) in [5, 5.41) is 0. The molecule has 5 atom stereocenters. The predicted molar refractivity (Wildman–Crippen MR) is 230 cm³/mol. The van der Waals surface area contributed by atoms with Crippen LogP contribution in [0.25, 0.3) is 10.4 Å². The van der Waals surface area contributed by atoms with Gasteiger partial charge in [-0.2, -0.15) is 0 Å². The maximum absolute atomic E-state index is 13.7. The van der Waals surface area contributed by atoms with Crippen LogP contribution in [0.4, 0.5) is 4.39 Å². The summed E-state index contributed by atoms with van der Waals surface area (Å²) in [4.78, 5) is 2.39. The third-order valence-corrected chi connectivity index (χ3v) is 12.3. The highest BCUT2D eigenvalue weighted by Gasteiger charge is 2.47. The van der Waals surface area contributed by atoms with Gasteiger partial charge in [-0.15, -0.1) is 11.3 Å². The second kappa shape index (κ2) is 18.8. The van der Waals surface area contributed by atoms with Crippen molar-refractivity contribution in [1.29, 1.82) is 0 Å². The molecule has 0 unspecified atom stereocenters. The highest BCUT2D eigenvalue weighted by Crippen LogP contribution is 2.43. The van der Waals surface area contributed by atoms with Gasteiger partial charge in [0.1, 0.15) is 18.0 Å². The predicted octanol–water partition coefficient (Wildman–Crippen LogP) is 12.6. The zero-order chi connectivity index (χ0) is 38.8. The lowest BCUT2D eigenvalue weighted by molar-refractivity contribution is -0.238. The molecule has 5 heteroatoms. The molecule has 0 radical (unpaired) electrons. The molecule has 7 aromatic rings. The van der Waals surface area contributed by atoms with Crippen molar-refractivity contribution in [2.45, 2.75) is 70.2 Å². The van der Waals surface area contributed by atoms with E-state index in [4.69, 9.17) is 14.2 Å². The Morgan fingerprint density at radius 1 is 0.596 bits per heavy atom. The average Bonchev–Trinajstić information content (AvgIpc) is 3.73. The first-order valence-corrected chi connectivity index (χ1v) is 20.9. The molecule has 2 heterocycles. The summed E-state index contributed by atoms with van der Waals surface area (Å²) in [6.07, 6.45) is 2.27. The first-order chi connectivity index (χ1) is 28.1. The second-order valence-electron chi connectivity index (χ2n) is 15.1. The van der Waals surface area contributed by atoms with Crippen LogP contribution in [0, 0.1) is 18.7 Å². The van der Waals surface area contributed by atoms with Crippen LogP contribution in [0.3, 0.4) is 0 Å². The molecule has 3 nitrogen and oxygen atoms in total. The second-order valence-corrected chi connectivity index (χ2v) is 16.3. The van der Waals surface area contributed by atoms with E-state index in [1.54, 1.807) is 11.3 Å². The fourth-order valence-corrected chi connectivity index (χ4v) is 9.09. The van der Waals surface area contributed by atoms with Crippen molar-refractivity contribution < 1.29 is 18.6 Å². The van der Waals surface area contributed by atoms with E-state index in [2.05, 4.69) is 146 Å². The first kappa shape index (κ1) is 38.7. The van der Waals surface area contributed by atoms with Gasteiger partial charge in [0.15, 0.2) is 0 Å². The van der Waals surface area contributed by atoms with Crippen molar-refractivity contribution in [2.75, 3.05) is 0 Å².